The third-order valence-electron chi connectivity index (χ3n) is 8.72. The molecule has 0 N–H and O–H groups in total. The van der Waals surface area contributed by atoms with E-state index < -0.39 is 36.0 Å². The average Bonchev–Trinajstić information content (AvgIpc) is 3.72. The van der Waals surface area contributed by atoms with Crippen LogP contribution < -0.4 is 0 Å². The van der Waals surface area contributed by atoms with Gasteiger partial charge in [-0.15, -0.1) is 0 Å². The first-order valence-electron chi connectivity index (χ1n) is 14.3. The molecule has 0 aromatic heterocycles. The van der Waals surface area contributed by atoms with E-state index in [4.69, 9.17) is 23.4 Å². The van der Waals surface area contributed by atoms with Crippen molar-refractivity contribution in [3.8, 4) is 0 Å². The van der Waals surface area contributed by atoms with Crippen molar-refractivity contribution in [2.24, 2.45) is 0 Å². The van der Waals surface area contributed by atoms with Crippen LogP contribution in [0.2, 0.25) is 17.6 Å². The molecular formula is C30H42O7SSi. The Morgan fingerprint density at radius 3 is 2.26 bits per heavy atom. The van der Waals surface area contributed by atoms with Gasteiger partial charge in [-0.1, -0.05) is 75.7 Å². The van der Waals surface area contributed by atoms with Crippen LogP contribution in [0.1, 0.15) is 58.0 Å². The van der Waals surface area contributed by atoms with Crippen LogP contribution in [0.4, 0.5) is 0 Å². The topological polar surface area (TPSA) is 83.6 Å². The molecule has 9 heteroatoms. The summed E-state index contributed by atoms with van der Waals surface area (Å²) in [5.74, 6) is 0. The van der Waals surface area contributed by atoms with Crippen molar-refractivity contribution >= 4 is 18.2 Å². The quantitative estimate of drug-likeness (QED) is 0.257. The van der Waals surface area contributed by atoms with E-state index in [1.807, 2.05) is 49.4 Å². The van der Waals surface area contributed by atoms with Crippen molar-refractivity contribution in [2.75, 3.05) is 6.61 Å². The Kier molecular flexibility index (Phi) is 8.69. The lowest BCUT2D eigenvalue weighted by molar-refractivity contribution is -0.301. The zero-order valence-corrected chi connectivity index (χ0v) is 25.4. The van der Waals surface area contributed by atoms with Crippen LogP contribution in [-0.4, -0.2) is 59.3 Å². The Balaban J connectivity index is 1.33. The fraction of sp³-hybridized carbons (Fsp3) is 0.600. The predicted molar refractivity (Wildman–Crippen MR) is 152 cm³/mol. The highest BCUT2D eigenvalue weighted by Crippen LogP contribution is 2.43. The molecule has 39 heavy (non-hydrogen) atoms. The van der Waals surface area contributed by atoms with Crippen molar-refractivity contribution < 1.29 is 31.8 Å². The first kappa shape index (κ1) is 28.9. The van der Waals surface area contributed by atoms with Crippen LogP contribution in [0.3, 0.4) is 0 Å². The molecule has 2 aromatic rings. The van der Waals surface area contributed by atoms with E-state index in [9.17, 15) is 8.42 Å². The normalized spacial score (nSPS) is 31.2. The van der Waals surface area contributed by atoms with E-state index >= 15 is 0 Å². The van der Waals surface area contributed by atoms with Gasteiger partial charge in [0.25, 0.3) is 0 Å². The Bertz CT molecular complexity index is 1200. The minimum absolute atomic E-state index is 0.162. The molecule has 3 fully saturated rings. The molecule has 3 saturated heterocycles. The Morgan fingerprint density at radius 2 is 1.62 bits per heavy atom. The molecule has 3 aliphatic rings. The molecule has 5 rings (SSSR count). The monoisotopic (exact) mass is 574 g/mol. The second kappa shape index (κ2) is 11.7. The number of epoxide rings is 1. The van der Waals surface area contributed by atoms with E-state index in [1.54, 1.807) is 12.1 Å². The van der Waals surface area contributed by atoms with Gasteiger partial charge in [0.05, 0.1) is 29.8 Å². The van der Waals surface area contributed by atoms with E-state index in [1.165, 1.54) is 0 Å². The number of aryl methyl sites for hydroxylation is 1. The second-order valence-corrected chi connectivity index (χ2v) is 18.4. The van der Waals surface area contributed by atoms with Crippen molar-refractivity contribution in [1.82, 2.24) is 0 Å². The number of ether oxygens (including phenoxy) is 4. The number of fused-ring (bicyclic) bond motifs is 1. The van der Waals surface area contributed by atoms with Crippen molar-refractivity contribution in [3.05, 3.63) is 65.7 Å². The van der Waals surface area contributed by atoms with Crippen molar-refractivity contribution in [2.45, 2.75) is 112 Å². The molecule has 0 aliphatic carbocycles. The van der Waals surface area contributed by atoms with Crippen molar-refractivity contribution in [3.63, 3.8) is 0 Å². The number of hydrogen-bond donors (Lipinski definition) is 0. The molecule has 3 aliphatic heterocycles. The van der Waals surface area contributed by atoms with Crippen LogP contribution in [0, 0.1) is 6.92 Å². The highest BCUT2D eigenvalue weighted by molar-refractivity contribution is 7.92. The zero-order valence-electron chi connectivity index (χ0n) is 23.6. The van der Waals surface area contributed by atoms with Gasteiger partial charge >= 0.3 is 0 Å². The molecular weight excluding hydrogens is 532 g/mol. The molecule has 7 nitrogen and oxygen atoms in total. The molecule has 0 saturated carbocycles. The summed E-state index contributed by atoms with van der Waals surface area (Å²) in [4.78, 5) is 0.294. The first-order chi connectivity index (χ1) is 18.7. The summed E-state index contributed by atoms with van der Waals surface area (Å²) < 4.78 is 58.4. The minimum atomic E-state index is -3.58. The lowest BCUT2D eigenvalue weighted by atomic mass is 9.95. The molecule has 0 spiro atoms. The van der Waals surface area contributed by atoms with E-state index in [0.717, 1.165) is 23.2 Å². The zero-order chi connectivity index (χ0) is 27.8. The van der Waals surface area contributed by atoms with Gasteiger partial charge in [-0.2, -0.15) is 0 Å². The van der Waals surface area contributed by atoms with Gasteiger partial charge in [-0.05, 0) is 36.7 Å². The Labute approximate surface area is 234 Å². The third kappa shape index (κ3) is 6.05. The highest BCUT2D eigenvalue weighted by atomic mass is 32.2. The van der Waals surface area contributed by atoms with Crippen molar-refractivity contribution in [1.29, 1.82) is 0 Å². The fourth-order valence-electron chi connectivity index (χ4n) is 6.05. The smallest absolute Gasteiger partial charge is 0.207 e. The number of hydrogen-bond acceptors (Lipinski definition) is 7. The minimum Gasteiger partial charge on any atom is -0.411 e. The maximum atomic E-state index is 13.2. The standard InChI is InChI=1S/C30H42O7SSi/c1-6-39(7-2,20(3)4)37-26-17-25-28(19-33-29(35-25)22-11-9-8-10-12-22)34-24(26)18-27-30(36-27)38(31,32)23-15-13-21(5)14-16-23/h8-16,20,24-30H,6-7,17-19H2,1-5H3/t24-,25-,26+,27+,28+,29+,30+/m0/s1. The van der Waals surface area contributed by atoms with E-state index in [0.29, 0.717) is 29.9 Å². The molecule has 214 valence electrons. The van der Waals surface area contributed by atoms with E-state index in [-0.39, 0.29) is 24.4 Å². The van der Waals surface area contributed by atoms with Crippen LogP contribution in [0.5, 0.6) is 0 Å². The second-order valence-electron chi connectivity index (χ2n) is 11.4. The summed E-state index contributed by atoms with van der Waals surface area (Å²) in [5.41, 5.74) is 1.60. The highest BCUT2D eigenvalue weighted by Gasteiger charge is 2.54. The summed E-state index contributed by atoms with van der Waals surface area (Å²) >= 11 is 0. The van der Waals surface area contributed by atoms with E-state index in [2.05, 4.69) is 27.7 Å². The lowest BCUT2D eigenvalue weighted by Crippen LogP contribution is -2.57. The van der Waals surface area contributed by atoms with Crippen LogP contribution in [0.25, 0.3) is 0 Å². The van der Waals surface area contributed by atoms with Gasteiger partial charge in [-0.3, -0.25) is 0 Å². The molecule has 2 aromatic carbocycles. The lowest BCUT2D eigenvalue weighted by Gasteiger charge is -2.48. The van der Waals surface area contributed by atoms with Gasteiger partial charge in [0, 0.05) is 18.4 Å². The van der Waals surface area contributed by atoms with Crippen LogP contribution >= 0.6 is 0 Å². The van der Waals surface area contributed by atoms with Crippen LogP contribution in [0.15, 0.2) is 59.5 Å². The molecule has 3 heterocycles. The Hall–Kier alpha value is -1.59. The summed E-state index contributed by atoms with van der Waals surface area (Å²) in [6.07, 6.45) is -0.601. The SMILES string of the molecule is CC[Si](CC)(O[C@@H]1C[C@@H]2O[C@H](c3ccccc3)OC[C@H]2O[C@H]1C[C@H]1O[C@@H]1S(=O)(=O)c1ccc(C)cc1)C(C)C. The first-order valence-corrected chi connectivity index (χ1v) is 18.2. The summed E-state index contributed by atoms with van der Waals surface area (Å²) in [6.45, 7) is 11.3. The summed E-state index contributed by atoms with van der Waals surface area (Å²) in [5, 5.41) is 0. The number of rotatable bonds is 10. The molecule has 7 atom stereocenters. The molecule has 0 amide bonds. The summed E-state index contributed by atoms with van der Waals surface area (Å²) in [6, 6.07) is 18.9. The average molecular weight is 575 g/mol. The molecule has 0 bridgehead atoms. The Morgan fingerprint density at radius 1 is 0.923 bits per heavy atom. The maximum absolute atomic E-state index is 13.2. The van der Waals surface area contributed by atoms with Gasteiger partial charge < -0.3 is 23.4 Å². The third-order valence-corrected chi connectivity index (χ3v) is 15.9. The molecule has 0 radical (unpaired) electrons. The van der Waals surface area contributed by atoms with Crippen LogP contribution in [-0.2, 0) is 33.2 Å². The van der Waals surface area contributed by atoms with Gasteiger partial charge in [0.15, 0.2) is 20.0 Å². The van der Waals surface area contributed by atoms with Gasteiger partial charge in [0.1, 0.15) is 12.2 Å². The summed E-state index contributed by atoms with van der Waals surface area (Å²) in [7, 11) is -5.63. The number of benzene rings is 2. The fourth-order valence-corrected chi connectivity index (χ4v) is 11.2. The van der Waals surface area contributed by atoms with Gasteiger partial charge in [-0.25, -0.2) is 8.42 Å². The maximum Gasteiger partial charge on any atom is 0.207 e. The largest absolute Gasteiger partial charge is 0.411 e. The number of sulfone groups is 1. The van der Waals surface area contributed by atoms with Gasteiger partial charge in [0.2, 0.25) is 9.84 Å². The predicted octanol–water partition coefficient (Wildman–Crippen LogP) is 5.94. The molecule has 0 unspecified atom stereocenters.